The van der Waals surface area contributed by atoms with Crippen LogP contribution in [0.15, 0.2) is 24.3 Å². The fourth-order valence-electron chi connectivity index (χ4n) is 2.93. The standard InChI is InChI=1S/C15H21NO2S/c17-19-9-6-13(7-10-19)16-11-12-5-8-18-15-4-2-1-3-14(12)15/h1-4,12-13,16H,5-11H2. The molecule has 2 heterocycles. The molecule has 0 aromatic heterocycles. The highest BCUT2D eigenvalue weighted by molar-refractivity contribution is 7.85. The zero-order chi connectivity index (χ0) is 13.1. The molecule has 0 saturated carbocycles. The molecule has 3 nitrogen and oxygen atoms in total. The topological polar surface area (TPSA) is 38.3 Å². The lowest BCUT2D eigenvalue weighted by Gasteiger charge is -2.29. The van der Waals surface area contributed by atoms with Crippen LogP contribution in [0.2, 0.25) is 0 Å². The zero-order valence-electron chi connectivity index (χ0n) is 11.1. The van der Waals surface area contributed by atoms with Crippen molar-refractivity contribution < 1.29 is 8.95 Å². The van der Waals surface area contributed by atoms with Crippen molar-refractivity contribution in [1.29, 1.82) is 0 Å². The van der Waals surface area contributed by atoms with Crippen LogP contribution in [0, 0.1) is 0 Å². The first-order valence-electron chi connectivity index (χ1n) is 7.13. The van der Waals surface area contributed by atoms with Crippen LogP contribution in [0.1, 0.15) is 30.7 Å². The van der Waals surface area contributed by atoms with Gasteiger partial charge in [0.2, 0.25) is 0 Å². The van der Waals surface area contributed by atoms with Gasteiger partial charge in [0, 0.05) is 40.8 Å². The largest absolute Gasteiger partial charge is 0.493 e. The van der Waals surface area contributed by atoms with Gasteiger partial charge in [0.05, 0.1) is 6.61 Å². The van der Waals surface area contributed by atoms with Crippen LogP contribution < -0.4 is 10.1 Å². The van der Waals surface area contributed by atoms with Gasteiger partial charge in [0.15, 0.2) is 0 Å². The molecule has 1 atom stereocenters. The molecule has 1 unspecified atom stereocenters. The molecule has 3 rings (SSSR count). The van der Waals surface area contributed by atoms with Gasteiger partial charge in [-0.2, -0.15) is 0 Å². The van der Waals surface area contributed by atoms with Crippen LogP contribution in [0.25, 0.3) is 0 Å². The van der Waals surface area contributed by atoms with Crippen molar-refractivity contribution in [2.75, 3.05) is 24.7 Å². The highest BCUT2D eigenvalue weighted by Gasteiger charge is 2.23. The highest BCUT2D eigenvalue weighted by atomic mass is 32.2. The predicted octanol–water partition coefficient (Wildman–Crippen LogP) is 2.05. The number of nitrogens with one attached hydrogen (secondary N) is 1. The first-order chi connectivity index (χ1) is 9.33. The van der Waals surface area contributed by atoms with Crippen molar-refractivity contribution in [3.63, 3.8) is 0 Å². The summed E-state index contributed by atoms with van der Waals surface area (Å²) in [5.74, 6) is 3.33. The summed E-state index contributed by atoms with van der Waals surface area (Å²) < 4.78 is 17.0. The maximum Gasteiger partial charge on any atom is 0.122 e. The van der Waals surface area contributed by atoms with Crippen LogP contribution in [0.4, 0.5) is 0 Å². The van der Waals surface area contributed by atoms with Crippen molar-refractivity contribution in [3.8, 4) is 5.75 Å². The summed E-state index contributed by atoms with van der Waals surface area (Å²) in [6.45, 7) is 1.83. The van der Waals surface area contributed by atoms with E-state index in [1.165, 1.54) is 5.56 Å². The van der Waals surface area contributed by atoms with Gasteiger partial charge in [-0.1, -0.05) is 18.2 Å². The summed E-state index contributed by atoms with van der Waals surface area (Å²) in [7, 11) is -0.565. The van der Waals surface area contributed by atoms with Gasteiger partial charge in [-0.25, -0.2) is 0 Å². The SMILES string of the molecule is O=S1CCC(NCC2CCOc3ccccc32)CC1. The summed E-state index contributed by atoms with van der Waals surface area (Å²) in [6.07, 6.45) is 3.19. The van der Waals surface area contributed by atoms with Gasteiger partial charge in [-0.05, 0) is 30.9 Å². The van der Waals surface area contributed by atoms with E-state index in [2.05, 4.69) is 23.5 Å². The average Bonchev–Trinajstić information content (AvgIpc) is 2.47. The predicted molar refractivity (Wildman–Crippen MR) is 78.2 cm³/mol. The van der Waals surface area contributed by atoms with E-state index in [4.69, 9.17) is 4.74 Å². The second-order valence-corrected chi connectivity index (χ2v) is 7.10. The summed E-state index contributed by atoms with van der Waals surface area (Å²) >= 11 is 0. The molecule has 1 saturated heterocycles. The van der Waals surface area contributed by atoms with E-state index >= 15 is 0 Å². The minimum Gasteiger partial charge on any atom is -0.493 e. The van der Waals surface area contributed by atoms with Gasteiger partial charge in [-0.15, -0.1) is 0 Å². The molecule has 0 spiro atoms. The van der Waals surface area contributed by atoms with E-state index < -0.39 is 10.8 Å². The number of hydrogen-bond acceptors (Lipinski definition) is 3. The molecule has 1 fully saturated rings. The molecule has 1 N–H and O–H groups in total. The van der Waals surface area contributed by atoms with Crippen LogP contribution in [-0.4, -0.2) is 34.9 Å². The van der Waals surface area contributed by atoms with Gasteiger partial charge < -0.3 is 10.1 Å². The molecule has 0 amide bonds. The van der Waals surface area contributed by atoms with E-state index in [0.29, 0.717) is 12.0 Å². The molecule has 19 heavy (non-hydrogen) atoms. The fourth-order valence-corrected chi connectivity index (χ4v) is 4.23. The Morgan fingerprint density at radius 3 is 2.84 bits per heavy atom. The fraction of sp³-hybridized carbons (Fsp3) is 0.600. The minimum atomic E-state index is -0.565. The van der Waals surface area contributed by atoms with Crippen LogP contribution >= 0.6 is 0 Å². The maximum absolute atomic E-state index is 11.3. The minimum absolute atomic E-state index is 0.549. The Bertz CT molecular complexity index is 453. The van der Waals surface area contributed by atoms with Crippen molar-refractivity contribution in [1.82, 2.24) is 5.32 Å². The second kappa shape index (κ2) is 6.06. The molecule has 0 aliphatic carbocycles. The van der Waals surface area contributed by atoms with Gasteiger partial charge in [-0.3, -0.25) is 4.21 Å². The average molecular weight is 279 g/mol. The molecule has 4 heteroatoms. The zero-order valence-corrected chi connectivity index (χ0v) is 12.0. The molecule has 2 aliphatic rings. The number of fused-ring (bicyclic) bond motifs is 1. The molecule has 0 bridgehead atoms. The molecule has 0 radical (unpaired) electrons. The van der Waals surface area contributed by atoms with Crippen LogP contribution in [-0.2, 0) is 10.8 Å². The molecule has 104 valence electrons. The third kappa shape index (κ3) is 3.18. The van der Waals surface area contributed by atoms with E-state index in [1.807, 2.05) is 6.07 Å². The monoisotopic (exact) mass is 279 g/mol. The van der Waals surface area contributed by atoms with Gasteiger partial charge >= 0.3 is 0 Å². The Balaban J connectivity index is 1.58. The molecule has 2 aliphatic heterocycles. The second-order valence-electron chi connectivity index (χ2n) is 5.40. The van der Waals surface area contributed by atoms with Crippen LogP contribution in [0.5, 0.6) is 5.75 Å². The Hall–Kier alpha value is -0.870. The summed E-state index contributed by atoms with van der Waals surface area (Å²) in [5, 5.41) is 3.66. The van der Waals surface area contributed by atoms with Crippen molar-refractivity contribution in [3.05, 3.63) is 29.8 Å². The Kier molecular flexibility index (Phi) is 4.18. The number of rotatable bonds is 3. The number of para-hydroxylation sites is 1. The Morgan fingerprint density at radius 1 is 1.21 bits per heavy atom. The maximum atomic E-state index is 11.3. The highest BCUT2D eigenvalue weighted by Crippen LogP contribution is 2.32. The van der Waals surface area contributed by atoms with Crippen LogP contribution in [0.3, 0.4) is 0 Å². The lowest BCUT2D eigenvalue weighted by Crippen LogP contribution is -2.38. The Morgan fingerprint density at radius 2 is 2.00 bits per heavy atom. The summed E-state index contributed by atoms with van der Waals surface area (Å²) in [6, 6.07) is 8.91. The van der Waals surface area contributed by atoms with Crippen molar-refractivity contribution >= 4 is 10.8 Å². The Labute approximate surface area is 117 Å². The van der Waals surface area contributed by atoms with E-state index in [-0.39, 0.29) is 0 Å². The molecular weight excluding hydrogens is 258 g/mol. The van der Waals surface area contributed by atoms with Gasteiger partial charge in [0.1, 0.15) is 5.75 Å². The molecular formula is C15H21NO2S. The lowest BCUT2D eigenvalue weighted by atomic mass is 9.92. The molecule has 1 aromatic rings. The third-order valence-electron chi connectivity index (χ3n) is 4.12. The number of benzene rings is 1. The van der Waals surface area contributed by atoms with E-state index in [9.17, 15) is 4.21 Å². The lowest BCUT2D eigenvalue weighted by molar-refractivity contribution is 0.261. The normalized spacial score (nSPS) is 30.4. The van der Waals surface area contributed by atoms with E-state index in [0.717, 1.165) is 49.7 Å². The van der Waals surface area contributed by atoms with E-state index in [1.54, 1.807) is 0 Å². The summed E-state index contributed by atoms with van der Waals surface area (Å²) in [4.78, 5) is 0. The quantitative estimate of drug-likeness (QED) is 0.920. The third-order valence-corrected chi connectivity index (χ3v) is 5.51. The molecule has 1 aromatic carbocycles. The smallest absolute Gasteiger partial charge is 0.122 e. The number of hydrogen-bond donors (Lipinski definition) is 1. The first kappa shape index (κ1) is 13.1. The number of ether oxygens (including phenoxy) is 1. The first-order valence-corrected chi connectivity index (χ1v) is 8.62. The van der Waals surface area contributed by atoms with Crippen molar-refractivity contribution in [2.24, 2.45) is 0 Å². The van der Waals surface area contributed by atoms with Gasteiger partial charge in [0.25, 0.3) is 0 Å². The van der Waals surface area contributed by atoms with Crippen molar-refractivity contribution in [2.45, 2.75) is 31.2 Å². The summed E-state index contributed by atoms with van der Waals surface area (Å²) in [5.41, 5.74) is 1.33.